The molecule has 0 spiro atoms. The van der Waals surface area contributed by atoms with Crippen molar-refractivity contribution in [3.05, 3.63) is 34.5 Å². The highest BCUT2D eigenvalue weighted by Crippen LogP contribution is 2.51. The van der Waals surface area contributed by atoms with E-state index in [2.05, 4.69) is 0 Å². The SMILES string of the molecule is COc1ccc(-c2oc3c(OC)c(OC)c(OC)c(OC)c3c(=O)c2OC)cc1. The highest BCUT2D eigenvalue weighted by Gasteiger charge is 2.30. The van der Waals surface area contributed by atoms with Crippen LogP contribution < -0.4 is 33.8 Å². The Morgan fingerprint density at radius 1 is 0.621 bits per heavy atom. The molecule has 0 aliphatic rings. The standard InChI is InChI=1S/C21H22O8/c1-23-12-9-7-11(8-10-12)15-18(25-3)14(22)13-16(24-2)19(26-4)21(28-6)20(27-5)17(13)29-15/h7-10H,1-6H3. The summed E-state index contributed by atoms with van der Waals surface area (Å²) in [7, 11) is 8.74. The van der Waals surface area contributed by atoms with E-state index in [1.165, 1.54) is 35.5 Å². The molecule has 0 aliphatic heterocycles. The van der Waals surface area contributed by atoms with Gasteiger partial charge in [0.05, 0.1) is 42.7 Å². The summed E-state index contributed by atoms with van der Waals surface area (Å²) in [5, 5.41) is 0.121. The van der Waals surface area contributed by atoms with Crippen molar-refractivity contribution < 1.29 is 32.8 Å². The molecular formula is C21H22O8. The second-order valence-corrected chi connectivity index (χ2v) is 5.86. The van der Waals surface area contributed by atoms with E-state index in [1.54, 1.807) is 31.4 Å². The van der Waals surface area contributed by atoms with E-state index in [4.69, 9.17) is 32.8 Å². The van der Waals surface area contributed by atoms with E-state index < -0.39 is 5.43 Å². The average Bonchev–Trinajstić information content (AvgIpc) is 2.77. The number of methoxy groups -OCH3 is 6. The van der Waals surface area contributed by atoms with Gasteiger partial charge in [-0.3, -0.25) is 4.79 Å². The van der Waals surface area contributed by atoms with Gasteiger partial charge in [-0.25, -0.2) is 0 Å². The molecule has 0 atom stereocenters. The van der Waals surface area contributed by atoms with Gasteiger partial charge >= 0.3 is 0 Å². The lowest BCUT2D eigenvalue weighted by Gasteiger charge is -2.18. The molecular weight excluding hydrogens is 380 g/mol. The van der Waals surface area contributed by atoms with E-state index in [1.807, 2.05) is 0 Å². The van der Waals surface area contributed by atoms with E-state index in [9.17, 15) is 4.79 Å². The molecule has 0 aliphatic carbocycles. The van der Waals surface area contributed by atoms with Crippen molar-refractivity contribution in [2.75, 3.05) is 42.7 Å². The maximum atomic E-state index is 13.4. The summed E-state index contributed by atoms with van der Waals surface area (Å²) in [4.78, 5) is 13.4. The van der Waals surface area contributed by atoms with Crippen molar-refractivity contribution in [3.8, 4) is 45.8 Å². The normalized spacial score (nSPS) is 10.6. The van der Waals surface area contributed by atoms with Crippen molar-refractivity contribution in [3.63, 3.8) is 0 Å². The maximum Gasteiger partial charge on any atom is 0.239 e. The first-order valence-corrected chi connectivity index (χ1v) is 8.61. The maximum absolute atomic E-state index is 13.4. The zero-order chi connectivity index (χ0) is 21.1. The summed E-state index contributed by atoms with van der Waals surface area (Å²) in [5.74, 6) is 1.75. The monoisotopic (exact) mass is 402 g/mol. The molecule has 0 bridgehead atoms. The largest absolute Gasteiger partial charge is 0.497 e. The number of hydrogen-bond acceptors (Lipinski definition) is 8. The molecule has 1 aromatic heterocycles. The Morgan fingerprint density at radius 2 is 1.14 bits per heavy atom. The topological polar surface area (TPSA) is 85.6 Å². The summed E-state index contributed by atoms with van der Waals surface area (Å²) < 4.78 is 38.5. The van der Waals surface area contributed by atoms with Gasteiger partial charge in [0.2, 0.25) is 28.4 Å². The Bertz CT molecular complexity index is 1080. The van der Waals surface area contributed by atoms with Gasteiger partial charge in [-0.15, -0.1) is 0 Å². The van der Waals surface area contributed by atoms with E-state index in [0.717, 1.165) is 0 Å². The minimum Gasteiger partial charge on any atom is -0.497 e. The van der Waals surface area contributed by atoms with Gasteiger partial charge in [-0.1, -0.05) is 0 Å². The van der Waals surface area contributed by atoms with Gasteiger partial charge in [-0.2, -0.15) is 0 Å². The molecule has 1 heterocycles. The molecule has 154 valence electrons. The minimum atomic E-state index is -0.435. The first kappa shape index (κ1) is 20.2. The van der Waals surface area contributed by atoms with Crippen LogP contribution in [0.2, 0.25) is 0 Å². The number of fused-ring (bicyclic) bond motifs is 1. The fraction of sp³-hybridized carbons (Fsp3) is 0.286. The van der Waals surface area contributed by atoms with Crippen molar-refractivity contribution in [2.45, 2.75) is 0 Å². The summed E-state index contributed by atoms with van der Waals surface area (Å²) in [5.41, 5.74) is 0.340. The lowest BCUT2D eigenvalue weighted by molar-refractivity contribution is 0.306. The van der Waals surface area contributed by atoms with Gasteiger partial charge in [-0.05, 0) is 24.3 Å². The number of hydrogen-bond donors (Lipinski definition) is 0. The number of rotatable bonds is 7. The molecule has 0 N–H and O–H groups in total. The highest BCUT2D eigenvalue weighted by atomic mass is 16.5. The smallest absolute Gasteiger partial charge is 0.239 e. The zero-order valence-corrected chi connectivity index (χ0v) is 17.1. The molecule has 8 heteroatoms. The molecule has 0 amide bonds. The van der Waals surface area contributed by atoms with Crippen LogP contribution in [0, 0.1) is 0 Å². The molecule has 0 unspecified atom stereocenters. The molecule has 0 fully saturated rings. The Morgan fingerprint density at radius 3 is 1.62 bits per heavy atom. The lowest BCUT2D eigenvalue weighted by atomic mass is 10.1. The predicted molar refractivity (Wildman–Crippen MR) is 107 cm³/mol. The van der Waals surface area contributed by atoms with Crippen molar-refractivity contribution in [2.24, 2.45) is 0 Å². The fourth-order valence-electron chi connectivity index (χ4n) is 3.18. The van der Waals surface area contributed by atoms with Crippen molar-refractivity contribution >= 4 is 11.0 Å². The van der Waals surface area contributed by atoms with Crippen LogP contribution in [0.15, 0.2) is 33.5 Å². The van der Waals surface area contributed by atoms with Crippen LogP contribution >= 0.6 is 0 Å². The summed E-state index contributed by atoms with van der Waals surface area (Å²) in [6, 6.07) is 7.03. The van der Waals surface area contributed by atoms with Gasteiger partial charge in [0, 0.05) is 5.56 Å². The third-order valence-electron chi connectivity index (χ3n) is 4.50. The Balaban J connectivity index is 2.49. The first-order chi connectivity index (χ1) is 14.1. The minimum absolute atomic E-state index is 0.0234. The third kappa shape index (κ3) is 3.16. The molecule has 3 aromatic rings. The van der Waals surface area contributed by atoms with Crippen LogP contribution in [0.1, 0.15) is 0 Å². The van der Waals surface area contributed by atoms with E-state index in [-0.39, 0.29) is 45.5 Å². The lowest BCUT2D eigenvalue weighted by Crippen LogP contribution is -2.11. The molecule has 3 rings (SSSR count). The van der Waals surface area contributed by atoms with Crippen LogP contribution in [-0.4, -0.2) is 42.7 Å². The van der Waals surface area contributed by atoms with Crippen molar-refractivity contribution in [1.82, 2.24) is 0 Å². The van der Waals surface area contributed by atoms with Crippen LogP contribution in [0.25, 0.3) is 22.3 Å². The molecule has 8 nitrogen and oxygen atoms in total. The molecule has 0 saturated carbocycles. The second-order valence-electron chi connectivity index (χ2n) is 5.86. The van der Waals surface area contributed by atoms with Crippen LogP contribution in [-0.2, 0) is 0 Å². The van der Waals surface area contributed by atoms with Gasteiger partial charge in [0.25, 0.3) is 0 Å². The molecule has 29 heavy (non-hydrogen) atoms. The molecule has 0 radical (unpaired) electrons. The Kier molecular flexibility index (Phi) is 5.72. The highest BCUT2D eigenvalue weighted by molar-refractivity contribution is 5.96. The number of ether oxygens (including phenoxy) is 6. The zero-order valence-electron chi connectivity index (χ0n) is 17.1. The van der Waals surface area contributed by atoms with Crippen LogP contribution in [0.5, 0.6) is 34.5 Å². The first-order valence-electron chi connectivity index (χ1n) is 8.61. The van der Waals surface area contributed by atoms with Gasteiger partial charge in [0.15, 0.2) is 17.1 Å². The fourth-order valence-corrected chi connectivity index (χ4v) is 3.18. The summed E-state index contributed by atoms with van der Waals surface area (Å²) in [6.45, 7) is 0. The van der Waals surface area contributed by atoms with Crippen molar-refractivity contribution in [1.29, 1.82) is 0 Å². The third-order valence-corrected chi connectivity index (χ3v) is 4.50. The Hall–Kier alpha value is -3.55. The second kappa shape index (κ2) is 8.22. The van der Waals surface area contributed by atoms with Crippen LogP contribution in [0.3, 0.4) is 0 Å². The average molecular weight is 402 g/mol. The molecule has 0 saturated heterocycles. The summed E-state index contributed by atoms with van der Waals surface area (Å²) >= 11 is 0. The van der Waals surface area contributed by atoms with E-state index in [0.29, 0.717) is 11.3 Å². The molecule has 2 aromatic carbocycles. The van der Waals surface area contributed by atoms with Gasteiger partial charge in [0.1, 0.15) is 11.1 Å². The quantitative estimate of drug-likeness (QED) is 0.594. The summed E-state index contributed by atoms with van der Waals surface area (Å²) in [6.07, 6.45) is 0. The Labute approximate surface area is 167 Å². The predicted octanol–water partition coefficient (Wildman–Crippen LogP) is 3.51. The number of benzene rings is 2. The van der Waals surface area contributed by atoms with E-state index >= 15 is 0 Å². The van der Waals surface area contributed by atoms with Crippen LogP contribution in [0.4, 0.5) is 0 Å². The van der Waals surface area contributed by atoms with Gasteiger partial charge < -0.3 is 32.8 Å².